The van der Waals surface area contributed by atoms with E-state index < -0.39 is 0 Å². The maximum Gasteiger partial charge on any atom is 0 e. The van der Waals surface area contributed by atoms with Crippen molar-refractivity contribution in [1.82, 2.24) is 0 Å². The summed E-state index contributed by atoms with van der Waals surface area (Å²) in [7, 11) is 0. The largest absolute Gasteiger partial charge is 0.358 e. The molecule has 2 unspecified atom stereocenters. The SMILES string of the molecule is C[CH-]CCCC(C)CCCCCCCC(C)CC.[CH3-].[Y]. The van der Waals surface area contributed by atoms with Crippen LogP contribution in [-0.4, -0.2) is 0 Å². The van der Waals surface area contributed by atoms with Gasteiger partial charge in [-0.05, 0) is 11.8 Å². The smallest absolute Gasteiger partial charge is 0 e. The fraction of sp³-hybridized carbons (Fsp3) is 0.895. The van der Waals surface area contributed by atoms with Crippen LogP contribution in [0.2, 0.25) is 0 Å². The van der Waals surface area contributed by atoms with Crippen molar-refractivity contribution < 1.29 is 32.7 Å². The summed E-state index contributed by atoms with van der Waals surface area (Å²) in [5.41, 5.74) is 0. The Morgan fingerprint density at radius 2 is 1.20 bits per heavy atom. The molecule has 1 heteroatoms. The minimum absolute atomic E-state index is 0. The van der Waals surface area contributed by atoms with Crippen LogP contribution < -0.4 is 0 Å². The van der Waals surface area contributed by atoms with Crippen LogP contribution in [0.25, 0.3) is 0 Å². The van der Waals surface area contributed by atoms with Crippen molar-refractivity contribution in [3.8, 4) is 0 Å². The van der Waals surface area contributed by atoms with Gasteiger partial charge in [0.05, 0.1) is 0 Å². The molecule has 0 spiro atoms. The molecule has 0 heterocycles. The zero-order chi connectivity index (χ0) is 13.6. The van der Waals surface area contributed by atoms with Crippen LogP contribution in [0.4, 0.5) is 0 Å². The fourth-order valence-corrected chi connectivity index (χ4v) is 2.53. The molecule has 0 rings (SSSR count). The first-order chi connectivity index (χ1) is 8.70. The molecule has 0 aromatic rings. The average Bonchev–Trinajstić information content (AvgIpc) is 2.37. The zero-order valence-corrected chi connectivity index (χ0v) is 17.9. The molecule has 0 aliphatic heterocycles. The topological polar surface area (TPSA) is 0 Å². The standard InChI is InChI=1S/C18H37.CH3.Y/c1-5-7-11-15-18(4)16-13-10-8-9-12-14-17(3)6-2;;/h5,17-18H,6-16H2,1-4H3;1H3;/q2*-1;. The van der Waals surface area contributed by atoms with E-state index >= 15 is 0 Å². The minimum Gasteiger partial charge on any atom is -0.358 e. The number of hydrogen-bond acceptors (Lipinski definition) is 0. The van der Waals surface area contributed by atoms with E-state index in [0.29, 0.717) is 0 Å². The molecule has 0 bridgehead atoms. The first-order valence-corrected chi connectivity index (χ1v) is 8.48. The van der Waals surface area contributed by atoms with E-state index in [9.17, 15) is 0 Å². The van der Waals surface area contributed by atoms with E-state index in [2.05, 4.69) is 34.1 Å². The van der Waals surface area contributed by atoms with Crippen LogP contribution in [0.1, 0.15) is 98.3 Å². The molecule has 0 N–H and O–H groups in total. The maximum absolute atomic E-state index is 2.43. The van der Waals surface area contributed by atoms with Crippen molar-refractivity contribution in [1.29, 1.82) is 0 Å². The summed E-state index contributed by atoms with van der Waals surface area (Å²) in [6.07, 6.45) is 18.0. The van der Waals surface area contributed by atoms with Crippen molar-refractivity contribution in [2.24, 2.45) is 11.8 Å². The third kappa shape index (κ3) is 19.1. The quantitative estimate of drug-likeness (QED) is 0.241. The minimum atomic E-state index is 0. The van der Waals surface area contributed by atoms with Crippen LogP contribution >= 0.6 is 0 Å². The molecule has 0 aliphatic rings. The van der Waals surface area contributed by atoms with Gasteiger partial charge in [0.15, 0.2) is 0 Å². The van der Waals surface area contributed by atoms with Gasteiger partial charge in [-0.3, -0.25) is 0 Å². The third-order valence-electron chi connectivity index (χ3n) is 4.28. The molecular weight excluding hydrogens is 317 g/mol. The summed E-state index contributed by atoms with van der Waals surface area (Å²) in [4.78, 5) is 0. The molecular formula is C19H40Y-2. The Hall–Kier alpha value is 1.10. The molecule has 0 aliphatic carbocycles. The monoisotopic (exact) mass is 357 g/mol. The number of rotatable bonds is 13. The van der Waals surface area contributed by atoms with Gasteiger partial charge < -0.3 is 13.8 Å². The van der Waals surface area contributed by atoms with Crippen LogP contribution in [0.3, 0.4) is 0 Å². The van der Waals surface area contributed by atoms with E-state index in [1.807, 2.05) is 0 Å². The Bertz CT molecular complexity index is 156. The summed E-state index contributed by atoms with van der Waals surface area (Å²) < 4.78 is 0. The molecule has 0 amide bonds. The van der Waals surface area contributed by atoms with Crippen LogP contribution in [0.5, 0.6) is 0 Å². The normalized spacial score (nSPS) is 13.2. The van der Waals surface area contributed by atoms with Crippen molar-refractivity contribution in [2.45, 2.75) is 98.3 Å². The Balaban J connectivity index is -0.00000144. The maximum atomic E-state index is 2.43. The van der Waals surface area contributed by atoms with Gasteiger partial charge in [0.1, 0.15) is 0 Å². The van der Waals surface area contributed by atoms with E-state index in [-0.39, 0.29) is 40.1 Å². The predicted octanol–water partition coefficient (Wildman–Crippen LogP) is 7.24. The van der Waals surface area contributed by atoms with Crippen molar-refractivity contribution in [3.63, 3.8) is 0 Å². The number of unbranched alkanes of at least 4 members (excludes halogenated alkanes) is 6. The van der Waals surface area contributed by atoms with Gasteiger partial charge in [0.2, 0.25) is 0 Å². The molecule has 0 aromatic heterocycles. The average molecular weight is 357 g/mol. The second-order valence-corrected chi connectivity index (χ2v) is 6.30. The van der Waals surface area contributed by atoms with Gasteiger partial charge in [-0.25, -0.2) is 0 Å². The number of hydrogen-bond donors (Lipinski definition) is 0. The summed E-state index contributed by atoms with van der Waals surface area (Å²) in [5, 5.41) is 0. The zero-order valence-electron chi connectivity index (χ0n) is 15.1. The van der Waals surface area contributed by atoms with Gasteiger partial charge in [0.25, 0.3) is 0 Å². The Morgan fingerprint density at radius 3 is 1.70 bits per heavy atom. The first-order valence-electron chi connectivity index (χ1n) is 8.48. The second-order valence-electron chi connectivity index (χ2n) is 6.30. The van der Waals surface area contributed by atoms with Crippen molar-refractivity contribution in [3.05, 3.63) is 13.8 Å². The predicted molar refractivity (Wildman–Crippen MR) is 91.2 cm³/mol. The molecule has 121 valence electrons. The molecule has 20 heavy (non-hydrogen) atoms. The summed E-state index contributed by atoms with van der Waals surface area (Å²) >= 11 is 0. The van der Waals surface area contributed by atoms with E-state index in [1.54, 1.807) is 0 Å². The van der Waals surface area contributed by atoms with Crippen molar-refractivity contribution in [2.75, 3.05) is 0 Å². The molecule has 1 radical (unpaired) electrons. The van der Waals surface area contributed by atoms with Crippen molar-refractivity contribution >= 4 is 0 Å². The van der Waals surface area contributed by atoms with E-state index in [4.69, 9.17) is 0 Å². The first kappa shape index (κ1) is 26.0. The molecule has 0 nitrogen and oxygen atoms in total. The summed E-state index contributed by atoms with van der Waals surface area (Å²) in [6, 6.07) is 0. The van der Waals surface area contributed by atoms with E-state index in [1.165, 1.54) is 70.6 Å². The van der Waals surface area contributed by atoms with Gasteiger partial charge >= 0.3 is 0 Å². The van der Waals surface area contributed by atoms with Crippen LogP contribution in [-0.2, 0) is 32.7 Å². The molecule has 2 atom stereocenters. The summed E-state index contributed by atoms with van der Waals surface area (Å²) in [5.74, 6) is 1.89. The second kappa shape index (κ2) is 20.1. The molecule has 0 aromatic carbocycles. The third-order valence-corrected chi connectivity index (χ3v) is 4.28. The Labute approximate surface area is 156 Å². The Kier molecular flexibility index (Phi) is 26.2. The molecule has 0 fully saturated rings. The van der Waals surface area contributed by atoms with Crippen LogP contribution in [0.15, 0.2) is 0 Å². The molecule has 0 saturated heterocycles. The van der Waals surface area contributed by atoms with Gasteiger partial charge in [-0.1, -0.05) is 85.0 Å². The van der Waals surface area contributed by atoms with E-state index in [0.717, 1.165) is 11.8 Å². The van der Waals surface area contributed by atoms with Crippen LogP contribution in [0, 0.1) is 25.7 Å². The Morgan fingerprint density at radius 1 is 0.750 bits per heavy atom. The fourth-order valence-electron chi connectivity index (χ4n) is 2.53. The van der Waals surface area contributed by atoms with Gasteiger partial charge in [-0.15, -0.1) is 0 Å². The summed E-state index contributed by atoms with van der Waals surface area (Å²) in [6.45, 7) is 9.29. The van der Waals surface area contributed by atoms with Gasteiger partial charge in [-0.2, -0.15) is 13.3 Å². The molecule has 0 saturated carbocycles. The van der Waals surface area contributed by atoms with Gasteiger partial charge in [0, 0.05) is 32.7 Å².